The molecule has 1 aromatic carbocycles. The second-order valence-electron chi connectivity index (χ2n) is 6.75. The molecule has 28 heavy (non-hydrogen) atoms. The van der Waals surface area contributed by atoms with Gasteiger partial charge in [-0.15, -0.1) is 0 Å². The van der Waals surface area contributed by atoms with Crippen molar-refractivity contribution in [3.63, 3.8) is 0 Å². The fourth-order valence-corrected chi connectivity index (χ4v) is 4.50. The van der Waals surface area contributed by atoms with Crippen LogP contribution in [-0.2, 0) is 14.8 Å². The highest BCUT2D eigenvalue weighted by atomic mass is 32.2. The number of rotatable bonds is 7. The number of nitrogens with zero attached hydrogens (tertiary/aromatic N) is 2. The molecule has 3 rings (SSSR count). The number of hydrogen-bond acceptors (Lipinski definition) is 6. The predicted molar refractivity (Wildman–Crippen MR) is 103 cm³/mol. The van der Waals surface area contributed by atoms with E-state index >= 15 is 0 Å². The molecule has 0 unspecified atom stereocenters. The second kappa shape index (κ2) is 8.87. The molecule has 8 nitrogen and oxygen atoms in total. The first kappa shape index (κ1) is 20.5. The molecule has 1 amide bonds. The first-order chi connectivity index (χ1) is 13.4. The van der Waals surface area contributed by atoms with Crippen LogP contribution in [0.1, 0.15) is 22.2 Å². The van der Waals surface area contributed by atoms with Gasteiger partial charge in [-0.2, -0.15) is 4.31 Å². The normalized spacial score (nSPS) is 16.8. The van der Waals surface area contributed by atoms with Crippen molar-refractivity contribution in [2.24, 2.45) is 0 Å². The van der Waals surface area contributed by atoms with E-state index in [1.165, 1.54) is 16.4 Å². The van der Waals surface area contributed by atoms with Crippen molar-refractivity contribution in [2.45, 2.75) is 10.9 Å². The molecular formula is C19H25N3O5S. The van der Waals surface area contributed by atoms with E-state index in [0.29, 0.717) is 38.4 Å². The van der Waals surface area contributed by atoms with Crippen LogP contribution >= 0.6 is 0 Å². The van der Waals surface area contributed by atoms with Crippen molar-refractivity contribution < 1.29 is 22.4 Å². The average molecular weight is 407 g/mol. The topological polar surface area (TPSA) is 92.1 Å². The summed E-state index contributed by atoms with van der Waals surface area (Å²) in [5.41, 5.74) is 0.297. The van der Waals surface area contributed by atoms with E-state index in [-0.39, 0.29) is 16.8 Å². The number of sulfonamides is 1. The summed E-state index contributed by atoms with van der Waals surface area (Å²) in [7, 11) is 0.147. The van der Waals surface area contributed by atoms with E-state index in [1.54, 1.807) is 24.5 Å². The van der Waals surface area contributed by atoms with E-state index in [9.17, 15) is 13.2 Å². The van der Waals surface area contributed by atoms with Crippen LogP contribution < -0.4 is 5.32 Å². The molecule has 0 aliphatic carbocycles. The van der Waals surface area contributed by atoms with Crippen molar-refractivity contribution in [3.05, 3.63) is 54.0 Å². The number of likely N-dealkylation sites (N-methyl/N-ethyl adjacent to an activating group) is 1. The van der Waals surface area contributed by atoms with Gasteiger partial charge in [0.1, 0.15) is 5.76 Å². The monoisotopic (exact) mass is 407 g/mol. The number of morpholine rings is 1. The number of carbonyl (C=O) groups is 1. The molecule has 0 radical (unpaired) electrons. The number of amides is 1. The number of benzene rings is 1. The van der Waals surface area contributed by atoms with Gasteiger partial charge in [0.15, 0.2) is 0 Å². The summed E-state index contributed by atoms with van der Waals surface area (Å²) in [6, 6.07) is 9.63. The molecule has 152 valence electrons. The van der Waals surface area contributed by atoms with Gasteiger partial charge in [0.05, 0.1) is 30.4 Å². The lowest BCUT2D eigenvalue weighted by molar-refractivity contribution is 0.0730. The maximum Gasteiger partial charge on any atom is 0.251 e. The Labute approximate surface area is 165 Å². The van der Waals surface area contributed by atoms with Gasteiger partial charge in [0.2, 0.25) is 10.0 Å². The number of carbonyl (C=O) groups excluding carboxylic acids is 1. The van der Waals surface area contributed by atoms with Crippen molar-refractivity contribution in [1.29, 1.82) is 0 Å². The predicted octanol–water partition coefficient (Wildman–Crippen LogP) is 1.33. The van der Waals surface area contributed by atoms with E-state index in [2.05, 4.69) is 5.32 Å². The van der Waals surface area contributed by atoms with E-state index in [4.69, 9.17) is 9.15 Å². The summed E-state index contributed by atoms with van der Waals surface area (Å²) in [6.45, 7) is 1.70. The second-order valence-corrected chi connectivity index (χ2v) is 8.69. The van der Waals surface area contributed by atoms with E-state index in [0.717, 1.165) is 5.76 Å². The van der Waals surface area contributed by atoms with Crippen LogP contribution in [0.5, 0.6) is 0 Å². The van der Waals surface area contributed by atoms with Crippen LogP contribution in [0.25, 0.3) is 0 Å². The van der Waals surface area contributed by atoms with Crippen LogP contribution in [0.15, 0.2) is 52.0 Å². The van der Waals surface area contributed by atoms with Crippen molar-refractivity contribution in [1.82, 2.24) is 14.5 Å². The third kappa shape index (κ3) is 4.61. The molecule has 1 N–H and O–H groups in total. The SMILES string of the molecule is CN(C)[C@@H](CNC(=O)c1cccc(S(=O)(=O)N2CCOCC2)c1)c1ccco1. The molecule has 1 fully saturated rings. The van der Waals surface area contributed by atoms with Gasteiger partial charge < -0.3 is 14.5 Å². The molecule has 2 aromatic rings. The Hall–Kier alpha value is -2.20. The fourth-order valence-electron chi connectivity index (χ4n) is 3.04. The molecule has 0 bridgehead atoms. The average Bonchev–Trinajstić information content (AvgIpc) is 3.23. The highest BCUT2D eigenvalue weighted by molar-refractivity contribution is 7.89. The maximum absolute atomic E-state index is 12.8. The van der Waals surface area contributed by atoms with Gasteiger partial charge in [-0.05, 0) is 44.4 Å². The standard InChI is InChI=1S/C19H25N3O5S/c1-21(2)17(18-7-4-10-27-18)14-20-19(23)15-5-3-6-16(13-15)28(24,25)22-8-11-26-12-9-22/h3-7,10,13,17H,8-9,11-12,14H2,1-2H3,(H,20,23)/t17-/m0/s1. The summed E-state index contributed by atoms with van der Waals surface area (Å²) in [5, 5.41) is 2.86. The molecular weight excluding hydrogens is 382 g/mol. The minimum atomic E-state index is -3.65. The maximum atomic E-state index is 12.8. The molecule has 1 atom stereocenters. The molecule has 1 aromatic heterocycles. The molecule has 0 spiro atoms. The molecule has 1 aliphatic rings. The van der Waals surface area contributed by atoms with Gasteiger partial charge >= 0.3 is 0 Å². The summed E-state index contributed by atoms with van der Waals surface area (Å²) >= 11 is 0. The first-order valence-electron chi connectivity index (χ1n) is 9.05. The Kier molecular flexibility index (Phi) is 6.50. The summed E-state index contributed by atoms with van der Waals surface area (Å²) in [6.07, 6.45) is 1.59. The Morgan fingerprint density at radius 1 is 1.21 bits per heavy atom. The summed E-state index contributed by atoms with van der Waals surface area (Å²) in [4.78, 5) is 14.7. The number of hydrogen-bond donors (Lipinski definition) is 1. The number of nitrogens with one attached hydrogen (secondary N) is 1. The third-order valence-corrected chi connectivity index (χ3v) is 6.55. The minimum Gasteiger partial charge on any atom is -0.468 e. The smallest absolute Gasteiger partial charge is 0.251 e. The zero-order valence-electron chi connectivity index (χ0n) is 16.0. The van der Waals surface area contributed by atoms with Crippen LogP contribution in [-0.4, -0.2) is 70.5 Å². The van der Waals surface area contributed by atoms with Crippen molar-refractivity contribution in [3.8, 4) is 0 Å². The van der Waals surface area contributed by atoms with Crippen LogP contribution in [0.3, 0.4) is 0 Å². The summed E-state index contributed by atoms with van der Waals surface area (Å²) in [5.74, 6) is 0.409. The van der Waals surface area contributed by atoms with Crippen LogP contribution in [0.2, 0.25) is 0 Å². The summed E-state index contributed by atoms with van der Waals surface area (Å²) < 4.78 is 37.6. The third-order valence-electron chi connectivity index (χ3n) is 4.65. The molecule has 0 saturated carbocycles. The Morgan fingerprint density at radius 2 is 1.96 bits per heavy atom. The van der Waals surface area contributed by atoms with E-state index < -0.39 is 10.0 Å². The number of furan rings is 1. The van der Waals surface area contributed by atoms with Gasteiger partial charge in [-0.1, -0.05) is 6.07 Å². The largest absolute Gasteiger partial charge is 0.468 e. The quantitative estimate of drug-likeness (QED) is 0.745. The van der Waals surface area contributed by atoms with Crippen molar-refractivity contribution in [2.75, 3.05) is 46.9 Å². The Balaban J connectivity index is 1.71. The lowest BCUT2D eigenvalue weighted by Gasteiger charge is -2.26. The van der Waals surface area contributed by atoms with Crippen LogP contribution in [0.4, 0.5) is 0 Å². The lowest BCUT2D eigenvalue weighted by Crippen LogP contribution is -2.40. The zero-order chi connectivity index (χ0) is 20.1. The first-order valence-corrected chi connectivity index (χ1v) is 10.5. The van der Waals surface area contributed by atoms with Gasteiger partial charge in [-0.3, -0.25) is 9.69 Å². The fraction of sp³-hybridized carbons (Fsp3) is 0.421. The number of ether oxygens (including phenoxy) is 1. The van der Waals surface area contributed by atoms with Gasteiger partial charge in [0.25, 0.3) is 5.91 Å². The Bertz CT molecular complexity index is 890. The highest BCUT2D eigenvalue weighted by Gasteiger charge is 2.27. The van der Waals surface area contributed by atoms with Crippen LogP contribution in [0, 0.1) is 0 Å². The minimum absolute atomic E-state index is 0.109. The molecule has 2 heterocycles. The lowest BCUT2D eigenvalue weighted by atomic mass is 10.2. The molecule has 1 saturated heterocycles. The van der Waals surface area contributed by atoms with Crippen molar-refractivity contribution >= 4 is 15.9 Å². The molecule has 9 heteroatoms. The molecule has 1 aliphatic heterocycles. The zero-order valence-corrected chi connectivity index (χ0v) is 16.8. The highest BCUT2D eigenvalue weighted by Crippen LogP contribution is 2.20. The van der Waals surface area contributed by atoms with Gasteiger partial charge in [-0.25, -0.2) is 8.42 Å². The Morgan fingerprint density at radius 3 is 2.61 bits per heavy atom. The van der Waals surface area contributed by atoms with Gasteiger partial charge in [0, 0.05) is 25.2 Å². The van der Waals surface area contributed by atoms with E-state index in [1.807, 2.05) is 25.1 Å².